The van der Waals surface area contributed by atoms with Crippen molar-refractivity contribution in [3.05, 3.63) is 56.5 Å². The van der Waals surface area contributed by atoms with Crippen LogP contribution in [-0.4, -0.2) is 0 Å². The van der Waals surface area contributed by atoms with Crippen LogP contribution in [0.5, 0.6) is 0 Å². The van der Waals surface area contributed by atoms with E-state index in [1.807, 2.05) is 13.8 Å². The largest absolute Gasteiger partial charge is 0.320 e. The van der Waals surface area contributed by atoms with Crippen molar-refractivity contribution in [2.45, 2.75) is 26.8 Å². The van der Waals surface area contributed by atoms with Crippen molar-refractivity contribution in [2.24, 2.45) is 5.73 Å². The van der Waals surface area contributed by atoms with E-state index in [2.05, 4.69) is 13.0 Å². The Balaban J connectivity index is 2.46. The van der Waals surface area contributed by atoms with Gasteiger partial charge in [0.15, 0.2) is 0 Å². The van der Waals surface area contributed by atoms with Gasteiger partial charge in [0.1, 0.15) is 5.82 Å². The van der Waals surface area contributed by atoms with Crippen molar-refractivity contribution < 1.29 is 4.39 Å². The van der Waals surface area contributed by atoms with E-state index >= 15 is 0 Å². The molecule has 0 spiro atoms. The lowest BCUT2D eigenvalue weighted by Gasteiger charge is -2.14. The summed E-state index contributed by atoms with van der Waals surface area (Å²) in [5.41, 5.74) is 9.33. The number of benzene rings is 1. The summed E-state index contributed by atoms with van der Waals surface area (Å²) in [5.74, 6) is -0.230. The van der Waals surface area contributed by atoms with Crippen LogP contribution in [-0.2, 0) is 0 Å². The molecule has 2 rings (SSSR count). The molecule has 0 aliphatic heterocycles. The molecule has 1 heterocycles. The molecule has 2 N–H and O–H groups in total. The van der Waals surface area contributed by atoms with Gasteiger partial charge in [-0.05, 0) is 55.7 Å². The Morgan fingerprint density at radius 2 is 1.82 bits per heavy atom. The first-order chi connectivity index (χ1) is 7.99. The minimum Gasteiger partial charge on any atom is -0.320 e. The summed E-state index contributed by atoms with van der Waals surface area (Å²) in [6.07, 6.45) is 0. The molecular formula is C14H16FNS. The van der Waals surface area contributed by atoms with Gasteiger partial charge < -0.3 is 5.73 Å². The summed E-state index contributed by atoms with van der Waals surface area (Å²) < 4.78 is 13.3. The summed E-state index contributed by atoms with van der Waals surface area (Å²) in [6, 6.07) is 6.67. The van der Waals surface area contributed by atoms with E-state index in [0.29, 0.717) is 0 Å². The number of nitrogens with two attached hydrogens (primary N) is 1. The van der Waals surface area contributed by atoms with Gasteiger partial charge in [-0.25, -0.2) is 4.39 Å². The first-order valence-corrected chi connectivity index (χ1v) is 6.39. The molecule has 1 aromatic carbocycles. The topological polar surface area (TPSA) is 26.0 Å². The minimum absolute atomic E-state index is 0.230. The van der Waals surface area contributed by atoms with Crippen LogP contribution in [0, 0.1) is 26.6 Å². The van der Waals surface area contributed by atoms with Crippen LogP contribution in [0.3, 0.4) is 0 Å². The first-order valence-electron chi connectivity index (χ1n) is 5.57. The number of thiophene rings is 1. The second-order valence-electron chi connectivity index (χ2n) is 4.38. The van der Waals surface area contributed by atoms with Gasteiger partial charge >= 0.3 is 0 Å². The molecule has 17 heavy (non-hydrogen) atoms. The lowest BCUT2D eigenvalue weighted by molar-refractivity contribution is 0.623. The molecule has 0 fully saturated rings. The summed E-state index contributed by atoms with van der Waals surface area (Å²) in [5, 5.41) is 0. The molecule has 1 nitrogen and oxygen atoms in total. The van der Waals surface area contributed by atoms with Crippen LogP contribution < -0.4 is 5.73 Å². The van der Waals surface area contributed by atoms with Gasteiger partial charge in [0.2, 0.25) is 0 Å². The first kappa shape index (κ1) is 12.3. The molecule has 0 radical (unpaired) electrons. The standard InChI is InChI=1S/C14H16FNS/c1-8-4-5-11(15)7-12(8)13(16)14-9(2)6-10(3)17-14/h4-7,13H,16H2,1-3H3. The number of rotatable bonds is 2. The quantitative estimate of drug-likeness (QED) is 0.859. The fourth-order valence-electron chi connectivity index (χ4n) is 2.06. The molecule has 0 amide bonds. The van der Waals surface area contributed by atoms with Crippen LogP contribution in [0.2, 0.25) is 0 Å². The average molecular weight is 249 g/mol. The SMILES string of the molecule is Cc1cc(C)c(C(N)c2cc(F)ccc2C)s1. The van der Waals surface area contributed by atoms with Gasteiger partial charge in [-0.2, -0.15) is 0 Å². The third kappa shape index (κ3) is 2.40. The van der Waals surface area contributed by atoms with E-state index < -0.39 is 0 Å². The summed E-state index contributed by atoms with van der Waals surface area (Å²) >= 11 is 1.68. The monoisotopic (exact) mass is 249 g/mol. The predicted molar refractivity (Wildman–Crippen MR) is 71.0 cm³/mol. The molecule has 3 heteroatoms. The molecule has 0 aliphatic rings. The highest BCUT2D eigenvalue weighted by molar-refractivity contribution is 7.12. The maximum atomic E-state index is 13.3. The van der Waals surface area contributed by atoms with Gasteiger partial charge in [0.25, 0.3) is 0 Å². The third-order valence-corrected chi connectivity index (χ3v) is 4.17. The van der Waals surface area contributed by atoms with Crippen LogP contribution in [0.1, 0.15) is 32.5 Å². The Bertz CT molecular complexity index is 545. The van der Waals surface area contributed by atoms with Crippen molar-refractivity contribution >= 4 is 11.3 Å². The molecule has 1 aromatic heterocycles. The number of hydrogen-bond acceptors (Lipinski definition) is 2. The molecule has 1 unspecified atom stereocenters. The van der Waals surface area contributed by atoms with Crippen molar-refractivity contribution in [1.29, 1.82) is 0 Å². The average Bonchev–Trinajstić information content (AvgIpc) is 2.60. The number of hydrogen-bond donors (Lipinski definition) is 1. The van der Waals surface area contributed by atoms with E-state index in [1.54, 1.807) is 17.4 Å². The Labute approximate surface area is 105 Å². The van der Waals surface area contributed by atoms with Gasteiger partial charge in [0, 0.05) is 9.75 Å². The minimum atomic E-state index is -0.232. The summed E-state index contributed by atoms with van der Waals surface area (Å²) in [4.78, 5) is 2.36. The van der Waals surface area contributed by atoms with Crippen LogP contribution in [0.4, 0.5) is 4.39 Å². The third-order valence-electron chi connectivity index (χ3n) is 2.94. The van der Waals surface area contributed by atoms with E-state index in [-0.39, 0.29) is 11.9 Å². The highest BCUT2D eigenvalue weighted by Crippen LogP contribution is 2.31. The zero-order valence-electron chi connectivity index (χ0n) is 10.3. The molecule has 0 aliphatic carbocycles. The van der Waals surface area contributed by atoms with Crippen LogP contribution in [0.15, 0.2) is 24.3 Å². The van der Waals surface area contributed by atoms with Crippen molar-refractivity contribution in [1.82, 2.24) is 0 Å². The van der Waals surface area contributed by atoms with Crippen molar-refractivity contribution in [2.75, 3.05) is 0 Å². The molecule has 0 saturated heterocycles. The maximum absolute atomic E-state index is 13.3. The molecule has 1 atom stereocenters. The van der Waals surface area contributed by atoms with E-state index in [9.17, 15) is 4.39 Å². The predicted octanol–water partition coefficient (Wildman–Crippen LogP) is 3.86. The van der Waals surface area contributed by atoms with Crippen molar-refractivity contribution in [3.8, 4) is 0 Å². The van der Waals surface area contributed by atoms with E-state index in [4.69, 9.17) is 5.73 Å². The van der Waals surface area contributed by atoms with Gasteiger partial charge in [-0.15, -0.1) is 11.3 Å². The zero-order valence-corrected chi connectivity index (χ0v) is 11.1. The van der Waals surface area contributed by atoms with Gasteiger partial charge in [-0.1, -0.05) is 6.07 Å². The van der Waals surface area contributed by atoms with E-state index in [1.165, 1.54) is 22.6 Å². The second-order valence-corrected chi connectivity index (χ2v) is 5.67. The molecule has 0 saturated carbocycles. The molecule has 0 bridgehead atoms. The fraction of sp³-hybridized carbons (Fsp3) is 0.286. The number of halogens is 1. The van der Waals surface area contributed by atoms with Gasteiger partial charge in [-0.3, -0.25) is 0 Å². The Kier molecular flexibility index (Phi) is 3.31. The van der Waals surface area contributed by atoms with Gasteiger partial charge in [0.05, 0.1) is 6.04 Å². The zero-order chi connectivity index (χ0) is 12.6. The lowest BCUT2D eigenvalue weighted by Crippen LogP contribution is -2.13. The van der Waals surface area contributed by atoms with Crippen LogP contribution >= 0.6 is 11.3 Å². The van der Waals surface area contributed by atoms with Crippen LogP contribution in [0.25, 0.3) is 0 Å². The molecule has 2 aromatic rings. The second kappa shape index (κ2) is 4.59. The summed E-state index contributed by atoms with van der Waals surface area (Å²) in [6.45, 7) is 6.07. The normalized spacial score (nSPS) is 12.8. The summed E-state index contributed by atoms with van der Waals surface area (Å²) in [7, 11) is 0. The molecular weight excluding hydrogens is 233 g/mol. The Morgan fingerprint density at radius 3 is 2.41 bits per heavy atom. The highest BCUT2D eigenvalue weighted by Gasteiger charge is 2.16. The smallest absolute Gasteiger partial charge is 0.123 e. The fourth-order valence-corrected chi connectivity index (χ4v) is 3.11. The van der Waals surface area contributed by atoms with E-state index in [0.717, 1.165) is 16.0 Å². The maximum Gasteiger partial charge on any atom is 0.123 e. The number of aryl methyl sites for hydroxylation is 3. The highest BCUT2D eigenvalue weighted by atomic mass is 32.1. The Hall–Kier alpha value is -1.19. The Morgan fingerprint density at radius 1 is 1.12 bits per heavy atom. The molecule has 90 valence electrons. The lowest BCUT2D eigenvalue weighted by atomic mass is 9.99. The van der Waals surface area contributed by atoms with Crippen molar-refractivity contribution in [3.63, 3.8) is 0 Å².